The van der Waals surface area contributed by atoms with Crippen LogP contribution in [-0.4, -0.2) is 93.0 Å². The fraction of sp³-hybridized carbons (Fsp3) is 0.137. The molecule has 0 aromatic heterocycles. The second kappa shape index (κ2) is 68.8. The van der Waals surface area contributed by atoms with Crippen LogP contribution in [0, 0.1) is 17.5 Å². The van der Waals surface area contributed by atoms with Gasteiger partial charge in [0.05, 0.1) is 45.9 Å². The first kappa shape index (κ1) is 132. The van der Waals surface area contributed by atoms with E-state index in [1.165, 1.54) is 152 Å². The van der Waals surface area contributed by atoms with Crippen molar-refractivity contribution < 1.29 is 106 Å². The SMILES string of the molecule is C.CC(=O)c1c2cccccc-2c(C(C)=O)c1-c1cccc(F)c1.CC(=O)c1c2cccccc-2c(C(C)=O)c1O.CC(=O)c1c2cccccc-2c(C(C)=O)c1OS(=O)(=O)C(F)(F)F.CCOC(=O)CC(=O)CC(C)=O.Fc1cccc(Br)c1.O=C1c2c(F)cccc2-c2cc3cccccc-3c21.O=S(Cl)Cl.O=c1cccccc1Cl.O=c1cccccc1O.S.S=S.S=S=S.S=S=S=S.S=S=S=S=S. The molecule has 0 fully saturated rings. The van der Waals surface area contributed by atoms with Crippen molar-refractivity contribution in [2.45, 2.75) is 81.2 Å². The Hall–Kier alpha value is -9.40. The number of aromatic hydroxyl groups is 2. The van der Waals surface area contributed by atoms with Crippen LogP contribution >= 0.6 is 62.4 Å². The number of hydrogen-bond acceptors (Lipinski definition) is 27. The summed E-state index contributed by atoms with van der Waals surface area (Å²) in [7, 11) is 8.53. The third kappa shape index (κ3) is 42.8. The number of ketones is 9. The summed E-state index contributed by atoms with van der Waals surface area (Å²) in [5.41, 5.74) is 2.70. The van der Waals surface area contributed by atoms with E-state index in [4.69, 9.17) is 20.9 Å². The molecule has 141 heavy (non-hydrogen) atoms. The van der Waals surface area contributed by atoms with Crippen LogP contribution in [0.25, 0.3) is 66.8 Å². The van der Waals surface area contributed by atoms with Gasteiger partial charge in [0.15, 0.2) is 63.2 Å². The van der Waals surface area contributed by atoms with Gasteiger partial charge in [-0.15, -0.1) is 0 Å². The Bertz CT molecular complexity index is 6790. The number of carbonyl (C=O) groups is 10. The number of Topliss-reactive ketones (excluding diaryl/α,β-unsaturated/α-hetero) is 8. The Morgan fingerprint density at radius 1 is 0.440 bits per heavy atom. The van der Waals surface area contributed by atoms with E-state index in [0.29, 0.717) is 55.6 Å². The van der Waals surface area contributed by atoms with Crippen LogP contribution in [0.1, 0.15) is 154 Å². The van der Waals surface area contributed by atoms with E-state index < -0.39 is 59.8 Å². The fourth-order valence-electron chi connectivity index (χ4n) is 12.5. The second-order valence-electron chi connectivity index (χ2n) is 26.8. The number of ether oxygens (including phenoxy) is 1. The lowest BCUT2D eigenvalue weighted by atomic mass is 9.97. The summed E-state index contributed by atoms with van der Waals surface area (Å²) >= 11 is 41.7. The zero-order valence-corrected chi connectivity index (χ0v) is 91.4. The van der Waals surface area contributed by atoms with Gasteiger partial charge in [0.2, 0.25) is 14.7 Å². The normalized spacial score (nSPS) is 9.94. The fourth-order valence-corrected chi connectivity index (χ4v) is 16.2. The Balaban J connectivity index is 0.00000158. The van der Waals surface area contributed by atoms with Crippen LogP contribution in [0.3, 0.4) is 0 Å². The second-order valence-corrected chi connectivity index (χ2v) is 42.8. The van der Waals surface area contributed by atoms with Gasteiger partial charge in [-0.3, -0.25) is 57.5 Å². The molecule has 0 saturated carbocycles. The minimum absolute atomic E-state index is 0. The molecule has 2 N–H and O–H groups in total. The monoisotopic (exact) mass is 2370 g/mol. The van der Waals surface area contributed by atoms with Crippen molar-refractivity contribution >= 4 is 283 Å². The average Bonchev–Trinajstić information content (AvgIpc) is 1.58. The van der Waals surface area contributed by atoms with Crippen molar-refractivity contribution in [1.29, 1.82) is 0 Å². The first-order chi connectivity index (χ1) is 65.7. The summed E-state index contributed by atoms with van der Waals surface area (Å²) in [6.45, 7) is 11.0. The topological polar surface area (TPSA) is 315 Å². The molecule has 0 bridgehead atoms. The zero-order chi connectivity index (χ0) is 105. The van der Waals surface area contributed by atoms with Gasteiger partial charge in [-0.1, -0.05) is 223 Å². The Kier molecular flexibility index (Phi) is 64.2. The van der Waals surface area contributed by atoms with E-state index >= 15 is 0 Å². The van der Waals surface area contributed by atoms with Gasteiger partial charge in [0.1, 0.15) is 35.4 Å². The summed E-state index contributed by atoms with van der Waals surface area (Å²) < 4.78 is 119. The molecular weight excluding hydrogens is 2290 g/mol. The van der Waals surface area contributed by atoms with Gasteiger partial charge < -0.3 is 19.1 Å². The van der Waals surface area contributed by atoms with Crippen molar-refractivity contribution in [3.8, 4) is 84.0 Å². The molecule has 0 saturated heterocycles. The predicted octanol–water partition coefficient (Wildman–Crippen LogP) is 22.8. The molecule has 746 valence electrons. The summed E-state index contributed by atoms with van der Waals surface area (Å²) in [4.78, 5) is 137. The van der Waals surface area contributed by atoms with E-state index in [2.05, 4.69) is 136 Å². The van der Waals surface area contributed by atoms with Crippen molar-refractivity contribution in [3.63, 3.8) is 0 Å². The number of rotatable bonds is 14. The van der Waals surface area contributed by atoms with Crippen LogP contribution in [0.4, 0.5) is 26.3 Å². The largest absolute Gasteiger partial charge is 0.534 e. The molecule has 9 aliphatic rings. The van der Waals surface area contributed by atoms with E-state index in [1.807, 2.05) is 72.8 Å². The van der Waals surface area contributed by atoms with Crippen molar-refractivity contribution in [1.82, 2.24) is 0 Å². The van der Waals surface area contributed by atoms with E-state index in [-0.39, 0.29) is 153 Å². The molecule has 14 rings (SSSR count). The molecule has 0 aliphatic heterocycles. The first-order valence-electron chi connectivity index (χ1n) is 38.5. The number of benzene rings is 3. The molecule has 0 radical (unpaired) electrons. The van der Waals surface area contributed by atoms with Gasteiger partial charge in [-0.25, -0.2) is 17.4 Å². The van der Waals surface area contributed by atoms with Gasteiger partial charge in [-0.05, 0) is 183 Å². The maximum absolute atomic E-state index is 13.8. The summed E-state index contributed by atoms with van der Waals surface area (Å²) in [5.74, 6) is -5.98. The lowest BCUT2D eigenvalue weighted by Gasteiger charge is -2.11. The van der Waals surface area contributed by atoms with Crippen molar-refractivity contribution in [2.75, 3.05) is 6.61 Å². The molecule has 0 atom stereocenters. The van der Waals surface area contributed by atoms with Crippen LogP contribution < -0.4 is 15.0 Å². The standard InChI is InChI=1S/C20H15FO2.C17H9FO.C15H11F3O5S.C14H12O3.C8H12O4.C7H5ClO.C7H6O2.C6H4BrF.CH4.Cl2OS.S5.S4.S3.S2.H2S/c1-12(22)18-16-9-4-3-5-10-17(16)19(13(2)23)20(18)14-7-6-8-15(21)11-14;18-14-8-4-7-12-13-9-10-5-2-1-3-6-11(10)15(13)17(19)16(12)14;1-8(19)12-10-6-4-3-5-7-11(10)13(9(2)20)14(12)23-24(21,22)15(16,17)18;1-8(15)12-10-6-4-3-5-7-11(10)13(9(2)16)14(12)17;1-3-12-8(11)5-7(10)4-6(2)9;2*8-6-4-2-1-3-5-7(6)9;7-5-2-1-3-6(8)4-5;;1-4(2)3;1-3-5-4-2;1-3-4-2;1-3-2;1-2;/h3-11H,1-2H3;1-9H;3-7H,1-2H3;3-7,17H,1-2H3;3-5H2,1-2H3;1-5H;1-5H,(H,8,9);1-4H;1H4;;;;;;1H2. The van der Waals surface area contributed by atoms with E-state index in [0.717, 1.165) is 43.9 Å². The number of alkyl halides is 3. The van der Waals surface area contributed by atoms with Crippen LogP contribution in [0.2, 0.25) is 5.02 Å². The number of carbonyl (C=O) groups excluding carboxylic acids is 10. The van der Waals surface area contributed by atoms with Crippen molar-refractivity contribution in [3.05, 3.63) is 347 Å². The van der Waals surface area contributed by atoms with Crippen LogP contribution in [0.15, 0.2) is 269 Å². The summed E-state index contributed by atoms with van der Waals surface area (Å²) in [6, 6.07) is 69.7. The summed E-state index contributed by atoms with van der Waals surface area (Å²) in [5, 5.41) is 19.0. The number of hydrogen-bond donors (Lipinski definition) is 2. The van der Waals surface area contributed by atoms with Gasteiger partial charge in [0, 0.05) is 191 Å². The lowest BCUT2D eigenvalue weighted by Crippen LogP contribution is -2.28. The van der Waals surface area contributed by atoms with E-state index in [1.54, 1.807) is 116 Å². The lowest BCUT2D eigenvalue weighted by molar-refractivity contribution is -0.145. The number of fused-ring (bicyclic) bond motifs is 8. The highest BCUT2D eigenvalue weighted by atomic mass is 79.9. The molecule has 0 unspecified atom stereocenters. The molecule has 19 nitrogen and oxygen atoms in total. The van der Waals surface area contributed by atoms with Crippen LogP contribution in [0.5, 0.6) is 17.2 Å². The molecule has 0 heterocycles. The smallest absolute Gasteiger partial charge is 0.506 e. The average molecular weight is 2370 g/mol. The Labute approximate surface area is 897 Å². The molecule has 0 amide bonds. The number of esters is 1. The Morgan fingerprint density at radius 2 is 0.794 bits per heavy atom. The maximum Gasteiger partial charge on any atom is 0.534 e. The maximum atomic E-state index is 13.8. The highest BCUT2D eigenvalue weighted by molar-refractivity contribution is 9.10. The molecule has 9 aliphatic carbocycles. The quantitative estimate of drug-likeness (QED) is 0.0194. The molecular formula is C95H80BrCl3F6O19S17. The zero-order valence-electron chi connectivity index (χ0n) is 73.5. The minimum Gasteiger partial charge on any atom is -0.506 e. The highest BCUT2D eigenvalue weighted by Crippen LogP contribution is 2.48. The molecule has 5 aromatic carbocycles. The third-order valence-electron chi connectivity index (χ3n) is 17.4. The number of halogens is 10. The van der Waals surface area contributed by atoms with Gasteiger partial charge in [0.25, 0.3) is 0 Å². The Morgan fingerprint density at radius 3 is 1.16 bits per heavy atom. The third-order valence-corrected chi connectivity index (χ3v) is 25.8. The summed E-state index contributed by atoms with van der Waals surface area (Å²) in [6.07, 6.45) is -0.480. The minimum atomic E-state index is -6.03. The molecule has 46 heteroatoms. The van der Waals surface area contributed by atoms with Crippen LogP contribution in [-0.2, 0) is 181 Å². The molecule has 0 spiro atoms. The van der Waals surface area contributed by atoms with Crippen molar-refractivity contribution in [2.24, 2.45) is 0 Å². The van der Waals surface area contributed by atoms with Gasteiger partial charge >= 0.3 is 21.6 Å². The highest BCUT2D eigenvalue weighted by Gasteiger charge is 2.50. The predicted molar refractivity (Wildman–Crippen MR) is 592 cm³/mol. The van der Waals surface area contributed by atoms with E-state index in [9.17, 15) is 97.4 Å². The van der Waals surface area contributed by atoms with Gasteiger partial charge in [-0.2, -0.15) is 35.1 Å². The first-order valence-corrected chi connectivity index (χ1v) is 57.2. The molecule has 5 aromatic rings.